The highest BCUT2D eigenvalue weighted by molar-refractivity contribution is 6.14. The average molecular weight is 157 g/mol. The largest absolute Gasteiger partial charge is 0.480 e. The fourth-order valence-electron chi connectivity index (χ4n) is 0.540. The second-order valence-electron chi connectivity index (χ2n) is 2.62. The van der Waals surface area contributed by atoms with Gasteiger partial charge in [0, 0.05) is 0 Å². The van der Waals surface area contributed by atoms with Crippen LogP contribution in [0.3, 0.4) is 0 Å². The van der Waals surface area contributed by atoms with Gasteiger partial charge in [0.25, 0.3) is 0 Å². The maximum absolute atomic E-state index is 11.0. The normalized spacial score (nSPS) is 15.2. The van der Waals surface area contributed by atoms with Gasteiger partial charge < -0.3 is 10.8 Å². The molecule has 0 aromatic carbocycles. The van der Waals surface area contributed by atoms with E-state index in [1.807, 2.05) is 0 Å². The highest BCUT2D eigenvalue weighted by atomic mass is 16.4. The van der Waals surface area contributed by atoms with Crippen LogP contribution in [-0.2, 0) is 9.59 Å². The zero-order valence-corrected chi connectivity index (χ0v) is 6.55. The molecule has 0 rings (SSSR count). The molecule has 0 spiro atoms. The number of ketones is 1. The molecule has 0 heterocycles. The van der Waals surface area contributed by atoms with E-state index in [1.54, 1.807) is 0 Å². The minimum absolute atomic E-state index is 0.150. The molecule has 62 valence electrons. The van der Waals surface area contributed by atoms with Crippen molar-refractivity contribution in [3.63, 3.8) is 0 Å². The summed E-state index contributed by atoms with van der Waals surface area (Å²) in [6.07, 6.45) is 0. The van der Waals surface area contributed by atoms with Gasteiger partial charge in [-0.1, -0.05) is 6.58 Å². The van der Waals surface area contributed by atoms with Gasteiger partial charge in [0.05, 0.1) is 0 Å². The number of carboxylic acids is 1. The molecule has 0 aromatic rings. The van der Waals surface area contributed by atoms with E-state index in [4.69, 9.17) is 10.8 Å². The maximum atomic E-state index is 11.0. The van der Waals surface area contributed by atoms with Crippen LogP contribution < -0.4 is 5.73 Å². The van der Waals surface area contributed by atoms with Crippen LogP contribution in [0.4, 0.5) is 0 Å². The van der Waals surface area contributed by atoms with Crippen molar-refractivity contribution < 1.29 is 14.7 Å². The van der Waals surface area contributed by atoms with E-state index in [2.05, 4.69) is 6.58 Å². The molecule has 0 aliphatic carbocycles. The number of aliphatic carboxylic acids is 1. The van der Waals surface area contributed by atoms with Gasteiger partial charge in [-0.05, 0) is 19.4 Å². The van der Waals surface area contributed by atoms with Crippen LogP contribution in [0.15, 0.2) is 12.2 Å². The molecule has 0 saturated carbocycles. The zero-order valence-electron chi connectivity index (χ0n) is 6.55. The van der Waals surface area contributed by atoms with E-state index in [9.17, 15) is 9.59 Å². The van der Waals surface area contributed by atoms with Crippen LogP contribution in [-0.4, -0.2) is 22.4 Å². The van der Waals surface area contributed by atoms with Gasteiger partial charge in [-0.15, -0.1) is 0 Å². The third kappa shape index (κ3) is 1.88. The lowest BCUT2D eigenvalue weighted by Gasteiger charge is -2.16. The maximum Gasteiger partial charge on any atom is 0.331 e. The number of carboxylic acid groups (broad SMARTS) is 1. The van der Waals surface area contributed by atoms with Crippen molar-refractivity contribution in [1.82, 2.24) is 0 Å². The predicted molar refractivity (Wildman–Crippen MR) is 40.0 cm³/mol. The highest BCUT2D eigenvalue weighted by Crippen LogP contribution is 2.06. The number of hydrogen-bond donors (Lipinski definition) is 2. The molecular weight excluding hydrogens is 146 g/mol. The Morgan fingerprint density at radius 3 is 2.00 bits per heavy atom. The Kier molecular flexibility index (Phi) is 2.54. The predicted octanol–water partition coefficient (Wildman–Crippen LogP) is -0.0664. The summed E-state index contributed by atoms with van der Waals surface area (Å²) in [7, 11) is 0. The fourth-order valence-corrected chi connectivity index (χ4v) is 0.540. The monoisotopic (exact) mass is 157 g/mol. The van der Waals surface area contributed by atoms with Gasteiger partial charge in [0.2, 0.25) is 0 Å². The lowest BCUT2D eigenvalue weighted by Crippen LogP contribution is -2.52. The zero-order chi connectivity index (χ0) is 9.23. The topological polar surface area (TPSA) is 80.4 Å². The van der Waals surface area contributed by atoms with E-state index in [0.717, 1.165) is 6.92 Å². The van der Waals surface area contributed by atoms with Crippen molar-refractivity contribution in [2.24, 2.45) is 5.73 Å². The molecule has 0 aliphatic rings. The third-order valence-corrected chi connectivity index (χ3v) is 1.30. The summed E-state index contributed by atoms with van der Waals surface area (Å²) in [6, 6.07) is 0. The molecule has 1 unspecified atom stereocenters. The minimum Gasteiger partial charge on any atom is -0.480 e. The first-order valence-corrected chi connectivity index (χ1v) is 3.02. The first kappa shape index (κ1) is 9.84. The summed E-state index contributed by atoms with van der Waals surface area (Å²) < 4.78 is 0. The Morgan fingerprint density at radius 2 is 1.91 bits per heavy atom. The number of carbonyl (C=O) groups excluding carboxylic acids is 1. The van der Waals surface area contributed by atoms with Gasteiger partial charge in [0.15, 0.2) is 11.3 Å². The second-order valence-corrected chi connectivity index (χ2v) is 2.62. The smallest absolute Gasteiger partial charge is 0.331 e. The van der Waals surface area contributed by atoms with Crippen molar-refractivity contribution in [3.05, 3.63) is 12.2 Å². The van der Waals surface area contributed by atoms with Gasteiger partial charge >= 0.3 is 5.97 Å². The molecule has 4 nitrogen and oxygen atoms in total. The lowest BCUT2D eigenvalue weighted by atomic mass is 9.94. The first-order chi connectivity index (χ1) is 4.80. The van der Waals surface area contributed by atoms with Crippen molar-refractivity contribution in [2.75, 3.05) is 0 Å². The molecule has 11 heavy (non-hydrogen) atoms. The Morgan fingerprint density at radius 1 is 1.55 bits per heavy atom. The van der Waals surface area contributed by atoms with E-state index in [1.165, 1.54) is 6.92 Å². The summed E-state index contributed by atoms with van der Waals surface area (Å²) in [4.78, 5) is 21.4. The number of Topliss-reactive ketones (excluding diaryl/α,β-unsaturated/α-hetero) is 1. The lowest BCUT2D eigenvalue weighted by molar-refractivity contribution is -0.146. The summed E-state index contributed by atoms with van der Waals surface area (Å²) in [5, 5.41) is 8.47. The van der Waals surface area contributed by atoms with Crippen LogP contribution in [0, 0.1) is 0 Å². The van der Waals surface area contributed by atoms with Gasteiger partial charge in [-0.25, -0.2) is 4.79 Å². The van der Waals surface area contributed by atoms with Crippen LogP contribution in [0.1, 0.15) is 13.8 Å². The number of rotatable bonds is 3. The molecule has 4 heteroatoms. The average Bonchev–Trinajstić information content (AvgIpc) is 1.85. The standard InChI is InChI=1S/C7H11NO3/c1-4(2)5(9)7(3,8)6(10)11/h1,8H2,2-3H3,(H,10,11). The van der Waals surface area contributed by atoms with Gasteiger partial charge in [-0.3, -0.25) is 4.79 Å². The number of nitrogens with two attached hydrogens (primary N) is 1. The van der Waals surface area contributed by atoms with Crippen LogP contribution in [0.2, 0.25) is 0 Å². The van der Waals surface area contributed by atoms with E-state index in [0.29, 0.717) is 0 Å². The summed E-state index contributed by atoms with van der Waals surface area (Å²) in [6.45, 7) is 5.88. The molecule has 0 bridgehead atoms. The van der Waals surface area contributed by atoms with Crippen molar-refractivity contribution in [3.8, 4) is 0 Å². The second kappa shape index (κ2) is 2.84. The molecule has 1 atom stereocenters. The molecule has 0 saturated heterocycles. The van der Waals surface area contributed by atoms with E-state index >= 15 is 0 Å². The van der Waals surface area contributed by atoms with E-state index < -0.39 is 17.3 Å². The third-order valence-electron chi connectivity index (χ3n) is 1.30. The minimum atomic E-state index is -1.84. The van der Waals surface area contributed by atoms with Gasteiger partial charge in [0.1, 0.15) is 0 Å². The van der Waals surface area contributed by atoms with E-state index in [-0.39, 0.29) is 5.57 Å². The van der Waals surface area contributed by atoms with Crippen molar-refractivity contribution in [1.29, 1.82) is 0 Å². The van der Waals surface area contributed by atoms with Crippen LogP contribution in [0.5, 0.6) is 0 Å². The Bertz CT molecular complexity index is 218. The Labute approximate surface area is 64.7 Å². The van der Waals surface area contributed by atoms with Gasteiger partial charge in [-0.2, -0.15) is 0 Å². The molecule has 0 aliphatic heterocycles. The molecular formula is C7H11NO3. The SMILES string of the molecule is C=C(C)C(=O)C(C)(N)C(=O)O. The first-order valence-electron chi connectivity index (χ1n) is 3.02. The molecule has 0 radical (unpaired) electrons. The summed E-state index contributed by atoms with van der Waals surface area (Å²) >= 11 is 0. The quantitative estimate of drug-likeness (QED) is 0.444. The summed E-state index contributed by atoms with van der Waals surface area (Å²) in [5.74, 6) is -1.99. The van der Waals surface area contributed by atoms with Crippen molar-refractivity contribution >= 4 is 11.8 Å². The molecule has 0 amide bonds. The highest BCUT2D eigenvalue weighted by Gasteiger charge is 2.36. The molecule has 0 fully saturated rings. The fraction of sp³-hybridized carbons (Fsp3) is 0.429. The Balaban J connectivity index is 4.70. The van der Waals surface area contributed by atoms with Crippen LogP contribution in [0.25, 0.3) is 0 Å². The number of carbonyl (C=O) groups is 2. The van der Waals surface area contributed by atoms with Crippen molar-refractivity contribution in [2.45, 2.75) is 19.4 Å². The molecule has 0 aromatic heterocycles. The number of hydrogen-bond acceptors (Lipinski definition) is 3. The Hall–Kier alpha value is -1.16. The summed E-state index contributed by atoms with van der Waals surface area (Å²) in [5.41, 5.74) is 3.50. The molecule has 3 N–H and O–H groups in total. The van der Waals surface area contributed by atoms with Crippen LogP contribution >= 0.6 is 0 Å².